The maximum Gasteiger partial charge on any atom is 0.176 e. The van der Waals surface area contributed by atoms with Crippen LogP contribution < -0.4 is 0 Å². The van der Waals surface area contributed by atoms with Gasteiger partial charge in [-0.25, -0.2) is 0 Å². The van der Waals surface area contributed by atoms with Gasteiger partial charge in [0.1, 0.15) is 0 Å². The zero-order valence-corrected chi connectivity index (χ0v) is 12.8. The van der Waals surface area contributed by atoms with Crippen LogP contribution in [0.5, 0.6) is 0 Å². The van der Waals surface area contributed by atoms with Gasteiger partial charge in [-0.2, -0.15) is 0 Å². The number of halogens is 2. The lowest BCUT2D eigenvalue weighted by Gasteiger charge is -2.31. The molecule has 1 unspecified atom stereocenters. The standard InChI is InChI=1S/C15H19Cl2NO2/c16-13-4-3-12(8-14(13)17)15(20)10-18-6-1-2-11(9-18)5-7-19/h3-4,8,11,19H,1-2,5-7,9-10H2. The second-order valence-electron chi connectivity index (χ2n) is 5.31. The minimum atomic E-state index is 0.0632. The molecule has 1 aromatic rings. The molecule has 5 heteroatoms. The third-order valence-electron chi connectivity index (χ3n) is 3.75. The minimum Gasteiger partial charge on any atom is -0.396 e. The fraction of sp³-hybridized carbons (Fsp3) is 0.533. The van der Waals surface area contributed by atoms with Crippen molar-refractivity contribution in [1.82, 2.24) is 4.90 Å². The second kappa shape index (κ2) is 7.41. The van der Waals surface area contributed by atoms with E-state index in [1.54, 1.807) is 18.2 Å². The highest BCUT2D eigenvalue weighted by Crippen LogP contribution is 2.24. The monoisotopic (exact) mass is 315 g/mol. The van der Waals surface area contributed by atoms with E-state index < -0.39 is 0 Å². The number of hydrogen-bond acceptors (Lipinski definition) is 3. The number of benzene rings is 1. The molecule has 110 valence electrons. The Kier molecular flexibility index (Phi) is 5.85. The molecule has 0 amide bonds. The first kappa shape index (κ1) is 15.8. The maximum absolute atomic E-state index is 12.2. The molecule has 1 atom stereocenters. The third kappa shape index (κ3) is 4.19. The number of nitrogens with zero attached hydrogens (tertiary/aromatic N) is 1. The second-order valence-corrected chi connectivity index (χ2v) is 6.12. The van der Waals surface area contributed by atoms with E-state index >= 15 is 0 Å². The van der Waals surface area contributed by atoms with Crippen LogP contribution >= 0.6 is 23.2 Å². The van der Waals surface area contributed by atoms with Crippen LogP contribution in [0, 0.1) is 5.92 Å². The number of ketones is 1. The number of aliphatic hydroxyl groups is 1. The molecule has 0 aromatic heterocycles. The molecule has 0 spiro atoms. The summed E-state index contributed by atoms with van der Waals surface area (Å²) in [7, 11) is 0. The van der Waals surface area contributed by atoms with Crippen molar-refractivity contribution < 1.29 is 9.90 Å². The first-order valence-corrected chi connectivity index (χ1v) is 7.67. The number of aliphatic hydroxyl groups excluding tert-OH is 1. The Bertz CT molecular complexity index is 477. The summed E-state index contributed by atoms with van der Waals surface area (Å²) in [6.45, 7) is 2.45. The van der Waals surface area contributed by atoms with Crippen LogP contribution in [0.25, 0.3) is 0 Å². The number of piperidine rings is 1. The van der Waals surface area contributed by atoms with E-state index in [0.29, 0.717) is 28.1 Å². The van der Waals surface area contributed by atoms with Crippen molar-refractivity contribution in [3.63, 3.8) is 0 Å². The van der Waals surface area contributed by atoms with Gasteiger partial charge in [0.05, 0.1) is 16.6 Å². The SMILES string of the molecule is O=C(CN1CCCC(CCO)C1)c1ccc(Cl)c(Cl)c1. The molecule has 0 aliphatic carbocycles. The lowest BCUT2D eigenvalue weighted by molar-refractivity contribution is 0.0871. The normalized spacial score (nSPS) is 20.1. The van der Waals surface area contributed by atoms with Gasteiger partial charge in [0.25, 0.3) is 0 Å². The van der Waals surface area contributed by atoms with Crippen LogP contribution in [0.4, 0.5) is 0 Å². The molecule has 20 heavy (non-hydrogen) atoms. The molecule has 1 aliphatic heterocycles. The van der Waals surface area contributed by atoms with Gasteiger partial charge in [0.2, 0.25) is 0 Å². The van der Waals surface area contributed by atoms with Gasteiger partial charge in [-0.1, -0.05) is 23.2 Å². The van der Waals surface area contributed by atoms with Crippen molar-refractivity contribution in [2.45, 2.75) is 19.3 Å². The van der Waals surface area contributed by atoms with Crippen molar-refractivity contribution in [1.29, 1.82) is 0 Å². The van der Waals surface area contributed by atoms with E-state index in [2.05, 4.69) is 4.90 Å². The quantitative estimate of drug-likeness (QED) is 0.848. The number of likely N-dealkylation sites (tertiary alicyclic amines) is 1. The lowest BCUT2D eigenvalue weighted by atomic mass is 9.95. The largest absolute Gasteiger partial charge is 0.396 e. The van der Waals surface area contributed by atoms with E-state index in [4.69, 9.17) is 28.3 Å². The predicted molar refractivity (Wildman–Crippen MR) is 81.7 cm³/mol. The van der Waals surface area contributed by atoms with Gasteiger partial charge in [-0.15, -0.1) is 0 Å². The molecule has 0 radical (unpaired) electrons. The summed E-state index contributed by atoms with van der Waals surface area (Å²) in [4.78, 5) is 14.4. The van der Waals surface area contributed by atoms with E-state index in [1.165, 1.54) is 0 Å². The van der Waals surface area contributed by atoms with Crippen LogP contribution in [-0.4, -0.2) is 42.0 Å². The maximum atomic E-state index is 12.2. The van der Waals surface area contributed by atoms with Gasteiger partial charge in [-0.3, -0.25) is 9.69 Å². The summed E-state index contributed by atoms with van der Waals surface area (Å²) in [5, 5.41) is 9.88. The molecule has 0 saturated carbocycles. The molecule has 3 nitrogen and oxygen atoms in total. The topological polar surface area (TPSA) is 40.5 Å². The lowest BCUT2D eigenvalue weighted by Crippen LogP contribution is -2.39. The van der Waals surface area contributed by atoms with Crippen molar-refractivity contribution in [3.05, 3.63) is 33.8 Å². The molecule has 1 heterocycles. The molecule has 1 aromatic carbocycles. The van der Waals surface area contributed by atoms with E-state index in [0.717, 1.165) is 32.4 Å². The number of carbonyl (C=O) groups excluding carboxylic acids is 1. The Morgan fingerprint density at radius 1 is 1.35 bits per heavy atom. The third-order valence-corrected chi connectivity index (χ3v) is 4.49. The number of carbonyl (C=O) groups is 1. The van der Waals surface area contributed by atoms with Crippen molar-refractivity contribution in [2.75, 3.05) is 26.2 Å². The summed E-state index contributed by atoms with van der Waals surface area (Å²) in [5.74, 6) is 0.559. The smallest absolute Gasteiger partial charge is 0.176 e. The van der Waals surface area contributed by atoms with Crippen LogP contribution in [0.15, 0.2) is 18.2 Å². The van der Waals surface area contributed by atoms with E-state index in [-0.39, 0.29) is 12.4 Å². The molecule has 1 N–H and O–H groups in total. The van der Waals surface area contributed by atoms with Crippen molar-refractivity contribution >= 4 is 29.0 Å². The molecular weight excluding hydrogens is 297 g/mol. The molecule has 1 aliphatic rings. The average Bonchev–Trinajstić information content (AvgIpc) is 2.42. The molecule has 1 saturated heterocycles. The molecule has 1 fully saturated rings. The van der Waals surface area contributed by atoms with Crippen LogP contribution in [-0.2, 0) is 0 Å². The highest BCUT2D eigenvalue weighted by atomic mass is 35.5. The van der Waals surface area contributed by atoms with E-state index in [9.17, 15) is 4.79 Å². The first-order valence-electron chi connectivity index (χ1n) is 6.91. The average molecular weight is 316 g/mol. The number of hydrogen-bond donors (Lipinski definition) is 1. The van der Waals surface area contributed by atoms with Gasteiger partial charge in [0.15, 0.2) is 5.78 Å². The Labute approximate surface area is 129 Å². The summed E-state index contributed by atoms with van der Waals surface area (Å²) in [6.07, 6.45) is 3.04. The molecule has 2 rings (SSSR count). The van der Waals surface area contributed by atoms with Crippen LogP contribution in [0.3, 0.4) is 0 Å². The zero-order chi connectivity index (χ0) is 14.5. The van der Waals surface area contributed by atoms with Gasteiger partial charge in [0, 0.05) is 18.7 Å². The number of rotatable bonds is 5. The Hall–Kier alpha value is -0.610. The first-order chi connectivity index (χ1) is 9.60. The molecular formula is C15H19Cl2NO2. The summed E-state index contributed by atoms with van der Waals surface area (Å²) < 4.78 is 0. The number of Topliss-reactive ketones (excluding diaryl/α,β-unsaturated/α-hetero) is 1. The van der Waals surface area contributed by atoms with Crippen molar-refractivity contribution in [2.24, 2.45) is 5.92 Å². The Morgan fingerprint density at radius 2 is 2.15 bits per heavy atom. The summed E-state index contributed by atoms with van der Waals surface area (Å²) in [6, 6.07) is 5.00. The predicted octanol–water partition coefficient (Wildman–Crippen LogP) is 3.27. The fourth-order valence-electron chi connectivity index (χ4n) is 2.68. The zero-order valence-electron chi connectivity index (χ0n) is 11.3. The highest BCUT2D eigenvalue weighted by molar-refractivity contribution is 6.42. The summed E-state index contributed by atoms with van der Waals surface area (Å²) in [5.41, 5.74) is 0.601. The summed E-state index contributed by atoms with van der Waals surface area (Å²) >= 11 is 11.8. The Morgan fingerprint density at radius 3 is 2.85 bits per heavy atom. The van der Waals surface area contributed by atoms with E-state index in [1.807, 2.05) is 0 Å². The minimum absolute atomic E-state index is 0.0632. The van der Waals surface area contributed by atoms with Crippen molar-refractivity contribution in [3.8, 4) is 0 Å². The van der Waals surface area contributed by atoms with Gasteiger partial charge < -0.3 is 5.11 Å². The Balaban J connectivity index is 1.95. The molecule has 0 bridgehead atoms. The van der Waals surface area contributed by atoms with Crippen LogP contribution in [0.2, 0.25) is 10.0 Å². The van der Waals surface area contributed by atoms with Gasteiger partial charge >= 0.3 is 0 Å². The highest BCUT2D eigenvalue weighted by Gasteiger charge is 2.21. The van der Waals surface area contributed by atoms with Crippen LogP contribution in [0.1, 0.15) is 29.6 Å². The van der Waals surface area contributed by atoms with Gasteiger partial charge in [-0.05, 0) is 49.9 Å². The fourth-order valence-corrected chi connectivity index (χ4v) is 2.98.